The first-order valence-electron chi connectivity index (χ1n) is 6.58. The number of hydrogen-bond acceptors (Lipinski definition) is 4. The Hall–Kier alpha value is -1.89. The van der Waals surface area contributed by atoms with Crippen LogP contribution in [0.15, 0.2) is 6.20 Å². The predicted octanol–water partition coefficient (Wildman–Crippen LogP) is 1.25. The van der Waals surface area contributed by atoms with Crippen molar-refractivity contribution < 1.29 is 9.59 Å². The van der Waals surface area contributed by atoms with Gasteiger partial charge in [-0.3, -0.25) is 4.79 Å². The van der Waals surface area contributed by atoms with Gasteiger partial charge in [-0.05, 0) is 0 Å². The molecule has 1 rings (SSSR count). The quantitative estimate of drug-likeness (QED) is 0.801. The number of urea groups is 1. The average molecular weight is 314 g/mol. The van der Waals surface area contributed by atoms with Gasteiger partial charge in [0.2, 0.25) is 0 Å². The lowest BCUT2D eigenvalue weighted by molar-refractivity contribution is 0.0948. The molecule has 0 radical (unpaired) electrons. The van der Waals surface area contributed by atoms with Gasteiger partial charge in [0.15, 0.2) is 0 Å². The molecule has 0 fully saturated rings. The minimum atomic E-state index is -0.386. The number of aromatic nitrogens is 2. The molecule has 0 bridgehead atoms. The molecule has 1 aromatic heterocycles. The Bertz CT molecular complexity index is 519. The van der Waals surface area contributed by atoms with Crippen LogP contribution in [-0.4, -0.2) is 54.0 Å². The first-order chi connectivity index (χ1) is 9.82. The third kappa shape index (κ3) is 5.18. The maximum absolute atomic E-state index is 12.0. The third-order valence-corrected chi connectivity index (χ3v) is 2.86. The van der Waals surface area contributed by atoms with E-state index in [2.05, 4.69) is 20.6 Å². The van der Waals surface area contributed by atoms with Crippen molar-refractivity contribution in [3.05, 3.63) is 22.7 Å². The molecular formula is C13H20ClN5O2. The van der Waals surface area contributed by atoms with Crippen LogP contribution in [-0.2, 0) is 0 Å². The topological polar surface area (TPSA) is 87.2 Å². The SMILES string of the molecule is CC(C)c1ncc(Cl)c(C(=O)NCCNC(=O)N(C)C)n1. The third-order valence-electron chi connectivity index (χ3n) is 2.59. The van der Waals surface area contributed by atoms with Crippen molar-refractivity contribution in [3.63, 3.8) is 0 Å². The molecule has 0 atom stereocenters. The fraction of sp³-hybridized carbons (Fsp3) is 0.538. The normalized spacial score (nSPS) is 10.4. The number of rotatable bonds is 5. The van der Waals surface area contributed by atoms with E-state index in [4.69, 9.17) is 11.6 Å². The Morgan fingerprint density at radius 3 is 2.48 bits per heavy atom. The summed E-state index contributed by atoms with van der Waals surface area (Å²) in [5.74, 6) is 0.280. The molecule has 1 aromatic rings. The molecule has 0 saturated heterocycles. The molecule has 0 aromatic carbocycles. The zero-order chi connectivity index (χ0) is 16.0. The van der Waals surface area contributed by atoms with Gasteiger partial charge in [0.1, 0.15) is 11.5 Å². The Morgan fingerprint density at radius 1 is 1.29 bits per heavy atom. The van der Waals surface area contributed by atoms with E-state index in [0.29, 0.717) is 12.4 Å². The number of hydrogen-bond donors (Lipinski definition) is 2. The van der Waals surface area contributed by atoms with Crippen molar-refractivity contribution in [2.45, 2.75) is 19.8 Å². The molecule has 0 aliphatic heterocycles. The van der Waals surface area contributed by atoms with Gasteiger partial charge in [0.05, 0.1) is 11.2 Å². The van der Waals surface area contributed by atoms with E-state index in [1.54, 1.807) is 14.1 Å². The molecule has 2 N–H and O–H groups in total. The van der Waals surface area contributed by atoms with Crippen LogP contribution in [0.2, 0.25) is 5.02 Å². The Labute approximate surface area is 129 Å². The number of amides is 3. The number of nitrogens with zero attached hydrogens (tertiary/aromatic N) is 3. The molecule has 0 aliphatic carbocycles. The maximum atomic E-state index is 12.0. The Morgan fingerprint density at radius 2 is 1.90 bits per heavy atom. The van der Waals surface area contributed by atoms with Crippen molar-refractivity contribution in [1.29, 1.82) is 0 Å². The van der Waals surface area contributed by atoms with Crippen LogP contribution in [0, 0.1) is 0 Å². The van der Waals surface area contributed by atoms with Gasteiger partial charge in [-0.15, -0.1) is 0 Å². The number of nitrogens with one attached hydrogen (secondary N) is 2. The summed E-state index contributed by atoms with van der Waals surface area (Å²) in [6, 6.07) is -0.216. The summed E-state index contributed by atoms with van der Waals surface area (Å²) < 4.78 is 0. The molecule has 116 valence electrons. The lowest BCUT2D eigenvalue weighted by atomic mass is 10.2. The summed E-state index contributed by atoms with van der Waals surface area (Å²) in [7, 11) is 3.28. The Kier molecular flexibility index (Phi) is 6.36. The molecule has 21 heavy (non-hydrogen) atoms. The van der Waals surface area contributed by atoms with Gasteiger partial charge >= 0.3 is 6.03 Å². The standard InChI is InChI=1S/C13H20ClN5O2/c1-8(2)11-17-7-9(14)10(18-11)12(20)15-5-6-16-13(21)19(3)4/h7-8H,5-6H2,1-4H3,(H,15,20)(H,16,21). The van der Waals surface area contributed by atoms with Crippen molar-refractivity contribution >= 4 is 23.5 Å². The minimum Gasteiger partial charge on any atom is -0.349 e. The second-order valence-electron chi connectivity index (χ2n) is 4.96. The van der Waals surface area contributed by atoms with Gasteiger partial charge in [-0.25, -0.2) is 14.8 Å². The van der Waals surface area contributed by atoms with Crippen molar-refractivity contribution in [3.8, 4) is 0 Å². The van der Waals surface area contributed by atoms with E-state index < -0.39 is 0 Å². The van der Waals surface area contributed by atoms with E-state index in [1.165, 1.54) is 11.1 Å². The van der Waals surface area contributed by atoms with Gasteiger partial charge in [-0.2, -0.15) is 0 Å². The van der Waals surface area contributed by atoms with Crippen molar-refractivity contribution in [1.82, 2.24) is 25.5 Å². The monoisotopic (exact) mass is 313 g/mol. The van der Waals surface area contributed by atoms with Crippen molar-refractivity contribution in [2.75, 3.05) is 27.2 Å². The molecule has 1 heterocycles. The van der Waals surface area contributed by atoms with Crippen LogP contribution < -0.4 is 10.6 Å². The summed E-state index contributed by atoms with van der Waals surface area (Å²) in [5, 5.41) is 5.50. The number of carbonyl (C=O) groups excluding carboxylic acids is 2. The molecule has 0 aliphatic rings. The van der Waals surface area contributed by atoms with E-state index in [1.807, 2.05) is 13.8 Å². The maximum Gasteiger partial charge on any atom is 0.316 e. The fourth-order valence-corrected chi connectivity index (χ4v) is 1.58. The molecule has 7 nitrogen and oxygen atoms in total. The molecule has 0 saturated carbocycles. The van der Waals surface area contributed by atoms with Crippen LogP contribution in [0.1, 0.15) is 36.1 Å². The first kappa shape index (κ1) is 17.2. The van der Waals surface area contributed by atoms with Crippen molar-refractivity contribution in [2.24, 2.45) is 0 Å². The van der Waals surface area contributed by atoms with Gasteiger partial charge < -0.3 is 15.5 Å². The van der Waals surface area contributed by atoms with Gasteiger partial charge in [-0.1, -0.05) is 25.4 Å². The fourth-order valence-electron chi connectivity index (χ4n) is 1.41. The van der Waals surface area contributed by atoms with Crippen LogP contribution in [0.4, 0.5) is 4.79 Å². The zero-order valence-corrected chi connectivity index (χ0v) is 13.4. The zero-order valence-electron chi connectivity index (χ0n) is 12.6. The van der Waals surface area contributed by atoms with E-state index in [-0.39, 0.29) is 35.1 Å². The summed E-state index contributed by atoms with van der Waals surface area (Å²) in [4.78, 5) is 33.0. The molecule has 3 amide bonds. The molecule has 0 spiro atoms. The van der Waals surface area contributed by atoms with E-state index >= 15 is 0 Å². The predicted molar refractivity (Wildman–Crippen MR) is 80.5 cm³/mol. The average Bonchev–Trinajstić information content (AvgIpc) is 2.43. The molecular weight excluding hydrogens is 294 g/mol. The minimum absolute atomic E-state index is 0.105. The smallest absolute Gasteiger partial charge is 0.316 e. The number of carbonyl (C=O) groups is 2. The summed E-state index contributed by atoms with van der Waals surface area (Å²) in [6.07, 6.45) is 1.42. The second kappa shape index (κ2) is 7.78. The Balaban J connectivity index is 2.56. The van der Waals surface area contributed by atoms with Gasteiger partial charge in [0.25, 0.3) is 5.91 Å². The first-order valence-corrected chi connectivity index (χ1v) is 6.96. The highest BCUT2D eigenvalue weighted by Crippen LogP contribution is 2.16. The summed E-state index contributed by atoms with van der Waals surface area (Å²) in [5.41, 5.74) is 0.148. The lowest BCUT2D eigenvalue weighted by Gasteiger charge is -2.12. The molecule has 0 unspecified atom stereocenters. The number of halogens is 1. The highest BCUT2D eigenvalue weighted by molar-refractivity contribution is 6.33. The largest absolute Gasteiger partial charge is 0.349 e. The summed E-state index contributed by atoms with van der Waals surface area (Å²) in [6.45, 7) is 4.47. The molecule has 8 heteroatoms. The second-order valence-corrected chi connectivity index (χ2v) is 5.37. The van der Waals surface area contributed by atoms with Gasteiger partial charge in [0, 0.05) is 33.1 Å². The highest BCUT2D eigenvalue weighted by atomic mass is 35.5. The summed E-state index contributed by atoms with van der Waals surface area (Å²) >= 11 is 5.94. The van der Waals surface area contributed by atoms with Crippen LogP contribution >= 0.6 is 11.6 Å². The van der Waals surface area contributed by atoms with E-state index in [9.17, 15) is 9.59 Å². The van der Waals surface area contributed by atoms with E-state index in [0.717, 1.165) is 0 Å². The highest BCUT2D eigenvalue weighted by Gasteiger charge is 2.15. The lowest BCUT2D eigenvalue weighted by Crippen LogP contribution is -2.39. The van der Waals surface area contributed by atoms with Crippen LogP contribution in [0.25, 0.3) is 0 Å². The van der Waals surface area contributed by atoms with Crippen LogP contribution in [0.5, 0.6) is 0 Å². The van der Waals surface area contributed by atoms with Crippen LogP contribution in [0.3, 0.4) is 0 Å².